The molecular formula is C20H20BrFN2O3S. The maximum Gasteiger partial charge on any atom is 0.243 e. The van der Waals surface area contributed by atoms with Crippen molar-refractivity contribution >= 4 is 37.5 Å². The smallest absolute Gasteiger partial charge is 0.243 e. The highest BCUT2D eigenvalue weighted by Crippen LogP contribution is 2.33. The summed E-state index contributed by atoms with van der Waals surface area (Å²) in [6.45, 7) is 1.14. The van der Waals surface area contributed by atoms with E-state index in [1.54, 1.807) is 4.90 Å². The summed E-state index contributed by atoms with van der Waals surface area (Å²) in [6, 6.07) is 10.7. The largest absolute Gasteiger partial charge is 0.312 e. The maximum absolute atomic E-state index is 13.1. The van der Waals surface area contributed by atoms with Crippen LogP contribution in [0.2, 0.25) is 0 Å². The number of hydrogen-bond acceptors (Lipinski definition) is 3. The summed E-state index contributed by atoms with van der Waals surface area (Å²) in [5, 5.41) is 0. The zero-order valence-corrected chi connectivity index (χ0v) is 17.5. The van der Waals surface area contributed by atoms with E-state index in [0.717, 1.165) is 34.3 Å². The summed E-state index contributed by atoms with van der Waals surface area (Å²) in [6.07, 6.45) is 2.08. The average molecular weight is 467 g/mol. The van der Waals surface area contributed by atoms with E-state index < -0.39 is 15.8 Å². The number of carbonyl (C=O) groups excluding carboxylic acids is 1. The molecule has 1 amide bonds. The number of fused-ring (bicyclic) bond motifs is 1. The molecule has 0 saturated carbocycles. The van der Waals surface area contributed by atoms with Crippen LogP contribution in [0.25, 0.3) is 0 Å². The van der Waals surface area contributed by atoms with Gasteiger partial charge >= 0.3 is 0 Å². The van der Waals surface area contributed by atoms with E-state index in [0.29, 0.717) is 25.9 Å². The van der Waals surface area contributed by atoms with Crippen LogP contribution in [0.4, 0.5) is 10.1 Å². The fourth-order valence-electron chi connectivity index (χ4n) is 3.94. The molecule has 0 bridgehead atoms. The van der Waals surface area contributed by atoms with E-state index in [1.165, 1.54) is 16.4 Å². The molecule has 2 aromatic rings. The number of hydrogen-bond donors (Lipinski definition) is 0. The van der Waals surface area contributed by atoms with Gasteiger partial charge in [0.15, 0.2) is 0 Å². The Labute approximate surface area is 172 Å². The van der Waals surface area contributed by atoms with E-state index in [2.05, 4.69) is 15.9 Å². The predicted molar refractivity (Wildman–Crippen MR) is 108 cm³/mol. The Bertz CT molecular complexity index is 1010. The Kier molecular flexibility index (Phi) is 5.28. The number of carbonyl (C=O) groups is 1. The molecule has 28 heavy (non-hydrogen) atoms. The zero-order chi connectivity index (χ0) is 19.9. The minimum Gasteiger partial charge on any atom is -0.312 e. The van der Waals surface area contributed by atoms with E-state index >= 15 is 0 Å². The molecule has 2 aliphatic heterocycles. The molecule has 1 saturated heterocycles. The van der Waals surface area contributed by atoms with Crippen molar-refractivity contribution in [2.45, 2.75) is 24.2 Å². The molecule has 0 aliphatic carbocycles. The molecule has 1 fully saturated rings. The minimum absolute atomic E-state index is 0.0277. The minimum atomic E-state index is -3.75. The fraction of sp³-hybridized carbons (Fsp3) is 0.350. The normalized spacial score (nSPS) is 20.2. The van der Waals surface area contributed by atoms with Crippen LogP contribution in [0, 0.1) is 11.7 Å². The Hall–Kier alpha value is -1.77. The molecule has 1 atom stereocenters. The van der Waals surface area contributed by atoms with Gasteiger partial charge in [-0.2, -0.15) is 4.31 Å². The van der Waals surface area contributed by atoms with Crippen LogP contribution in [-0.2, 0) is 21.2 Å². The topological polar surface area (TPSA) is 57.7 Å². The van der Waals surface area contributed by atoms with Crippen LogP contribution < -0.4 is 4.90 Å². The van der Waals surface area contributed by atoms with Gasteiger partial charge in [0, 0.05) is 29.8 Å². The van der Waals surface area contributed by atoms with E-state index in [-0.39, 0.29) is 23.3 Å². The summed E-state index contributed by atoms with van der Waals surface area (Å²) in [7, 11) is -3.75. The van der Waals surface area contributed by atoms with Crippen molar-refractivity contribution in [2.24, 2.45) is 5.92 Å². The lowest BCUT2D eigenvalue weighted by molar-refractivity contribution is -0.123. The summed E-state index contributed by atoms with van der Waals surface area (Å²) in [5.74, 6) is -0.886. The molecule has 2 heterocycles. The Morgan fingerprint density at radius 2 is 1.86 bits per heavy atom. The number of rotatable bonds is 3. The molecule has 0 N–H and O–H groups in total. The van der Waals surface area contributed by atoms with Crippen molar-refractivity contribution in [1.82, 2.24) is 4.31 Å². The van der Waals surface area contributed by atoms with Crippen LogP contribution in [-0.4, -0.2) is 38.3 Å². The Morgan fingerprint density at radius 3 is 2.61 bits per heavy atom. The number of nitrogens with zero attached hydrogens (tertiary/aromatic N) is 2. The summed E-state index contributed by atoms with van der Waals surface area (Å²) in [4.78, 5) is 15.0. The van der Waals surface area contributed by atoms with Gasteiger partial charge in [-0.05, 0) is 67.3 Å². The monoisotopic (exact) mass is 466 g/mol. The number of anilines is 1. The molecule has 0 spiro atoms. The third-order valence-corrected chi connectivity index (χ3v) is 7.76. The number of halogens is 2. The van der Waals surface area contributed by atoms with Crippen LogP contribution in [0.1, 0.15) is 18.4 Å². The lowest BCUT2D eigenvalue weighted by Gasteiger charge is -2.33. The number of piperidine rings is 1. The molecule has 148 valence electrons. The maximum atomic E-state index is 13.1. The standard InChI is InChI=1S/C20H20BrFN2O3S/c21-16-3-8-19-14(12-16)9-11-24(19)20(25)15-2-1-10-23(13-15)28(26,27)18-6-4-17(22)5-7-18/h3-8,12,15H,1-2,9-11,13H2/t15-/m0/s1. The quantitative estimate of drug-likeness (QED) is 0.694. The van der Waals surface area contributed by atoms with E-state index in [1.807, 2.05) is 18.2 Å². The van der Waals surface area contributed by atoms with Crippen molar-refractivity contribution in [3.05, 3.63) is 58.3 Å². The van der Waals surface area contributed by atoms with Gasteiger partial charge in [-0.15, -0.1) is 0 Å². The third kappa shape index (κ3) is 3.60. The highest BCUT2D eigenvalue weighted by Gasteiger charge is 2.37. The van der Waals surface area contributed by atoms with Gasteiger partial charge in [-0.1, -0.05) is 15.9 Å². The molecule has 4 rings (SSSR count). The first-order valence-corrected chi connectivity index (χ1v) is 11.4. The van der Waals surface area contributed by atoms with Gasteiger partial charge in [-0.25, -0.2) is 12.8 Å². The molecular weight excluding hydrogens is 447 g/mol. The lowest BCUT2D eigenvalue weighted by Crippen LogP contribution is -2.46. The van der Waals surface area contributed by atoms with Gasteiger partial charge in [0.2, 0.25) is 15.9 Å². The van der Waals surface area contributed by atoms with Gasteiger partial charge in [0.1, 0.15) is 5.82 Å². The van der Waals surface area contributed by atoms with Crippen molar-refractivity contribution in [2.75, 3.05) is 24.5 Å². The van der Waals surface area contributed by atoms with Gasteiger partial charge in [0.25, 0.3) is 0 Å². The average Bonchev–Trinajstić information content (AvgIpc) is 3.10. The van der Waals surface area contributed by atoms with E-state index in [9.17, 15) is 17.6 Å². The third-order valence-electron chi connectivity index (χ3n) is 5.39. The highest BCUT2D eigenvalue weighted by atomic mass is 79.9. The summed E-state index contributed by atoms with van der Waals surface area (Å²) < 4.78 is 41.3. The van der Waals surface area contributed by atoms with Crippen LogP contribution >= 0.6 is 15.9 Å². The Balaban J connectivity index is 1.53. The molecule has 0 unspecified atom stereocenters. The second-order valence-electron chi connectivity index (χ2n) is 7.17. The first kappa shape index (κ1) is 19.5. The predicted octanol–water partition coefficient (Wildman–Crippen LogP) is 3.58. The zero-order valence-electron chi connectivity index (χ0n) is 15.1. The van der Waals surface area contributed by atoms with Crippen LogP contribution in [0.5, 0.6) is 0 Å². The second kappa shape index (κ2) is 7.57. The molecule has 8 heteroatoms. The Morgan fingerprint density at radius 1 is 1.11 bits per heavy atom. The van der Waals surface area contributed by atoms with Crippen molar-refractivity contribution < 1.29 is 17.6 Å². The van der Waals surface area contributed by atoms with Crippen LogP contribution in [0.15, 0.2) is 51.8 Å². The SMILES string of the molecule is O=C([C@H]1CCCN(S(=O)(=O)c2ccc(F)cc2)C1)N1CCc2cc(Br)ccc21. The van der Waals surface area contributed by atoms with Crippen molar-refractivity contribution in [1.29, 1.82) is 0 Å². The molecule has 0 aromatic heterocycles. The first-order valence-electron chi connectivity index (χ1n) is 9.22. The number of sulfonamides is 1. The number of benzene rings is 2. The number of amides is 1. The first-order chi connectivity index (χ1) is 13.4. The second-order valence-corrected chi connectivity index (χ2v) is 10.0. The van der Waals surface area contributed by atoms with Gasteiger partial charge in [-0.3, -0.25) is 4.79 Å². The van der Waals surface area contributed by atoms with E-state index in [4.69, 9.17) is 0 Å². The molecule has 2 aliphatic rings. The molecule has 5 nitrogen and oxygen atoms in total. The summed E-state index contributed by atoms with van der Waals surface area (Å²) in [5.41, 5.74) is 2.03. The van der Waals surface area contributed by atoms with Crippen LogP contribution in [0.3, 0.4) is 0 Å². The fourth-order valence-corrected chi connectivity index (χ4v) is 5.87. The highest BCUT2D eigenvalue weighted by molar-refractivity contribution is 9.10. The molecule has 2 aromatic carbocycles. The van der Waals surface area contributed by atoms with Crippen molar-refractivity contribution in [3.8, 4) is 0 Å². The lowest BCUT2D eigenvalue weighted by atomic mass is 9.98. The summed E-state index contributed by atoms with van der Waals surface area (Å²) >= 11 is 3.45. The van der Waals surface area contributed by atoms with Gasteiger partial charge < -0.3 is 4.90 Å². The van der Waals surface area contributed by atoms with Crippen molar-refractivity contribution in [3.63, 3.8) is 0 Å². The molecule has 0 radical (unpaired) electrons. The van der Waals surface area contributed by atoms with Gasteiger partial charge in [0.05, 0.1) is 10.8 Å².